The molecular weight excluding hydrogens is 238 g/mol. The van der Waals surface area contributed by atoms with Gasteiger partial charge in [-0.25, -0.2) is 4.98 Å². The van der Waals surface area contributed by atoms with Gasteiger partial charge in [-0.15, -0.1) is 0 Å². The van der Waals surface area contributed by atoms with Gasteiger partial charge in [0.05, 0.1) is 18.1 Å². The van der Waals surface area contributed by atoms with Gasteiger partial charge in [-0.1, -0.05) is 11.6 Å². The summed E-state index contributed by atoms with van der Waals surface area (Å²) in [5.41, 5.74) is 7.11. The maximum absolute atomic E-state index is 5.93. The Labute approximate surface area is 104 Å². The zero-order chi connectivity index (χ0) is 12.3. The number of aromatic nitrogens is 2. The average Bonchev–Trinajstić information content (AvgIpc) is 2.35. The smallest absolute Gasteiger partial charge is 0.237 e. The van der Waals surface area contributed by atoms with E-state index in [2.05, 4.69) is 9.97 Å². The number of nitrogens with two attached hydrogens (primary N) is 1. The number of halogens is 1. The molecule has 0 saturated heterocycles. The van der Waals surface area contributed by atoms with Crippen LogP contribution in [0.5, 0.6) is 11.6 Å². The lowest BCUT2D eigenvalue weighted by Crippen LogP contribution is -2.00. The zero-order valence-corrected chi connectivity index (χ0v) is 10.1. The van der Waals surface area contributed by atoms with E-state index < -0.39 is 0 Å². The molecule has 2 rings (SSSR count). The first-order valence-electron chi connectivity index (χ1n) is 5.14. The lowest BCUT2D eigenvalue weighted by Gasteiger charge is -2.06. The summed E-state index contributed by atoms with van der Waals surface area (Å²) in [6.45, 7) is 2.28. The Morgan fingerprint density at radius 1 is 1.29 bits per heavy atom. The number of hydrogen-bond acceptors (Lipinski definition) is 4. The van der Waals surface area contributed by atoms with E-state index >= 15 is 0 Å². The molecule has 1 heterocycles. The van der Waals surface area contributed by atoms with Gasteiger partial charge in [0.15, 0.2) is 0 Å². The third kappa shape index (κ3) is 2.93. The molecule has 0 aliphatic carbocycles. The molecule has 17 heavy (non-hydrogen) atoms. The monoisotopic (exact) mass is 249 g/mol. The van der Waals surface area contributed by atoms with Crippen molar-refractivity contribution >= 4 is 11.6 Å². The molecule has 0 atom stereocenters. The molecule has 0 radical (unpaired) electrons. The normalized spacial score (nSPS) is 10.3. The van der Waals surface area contributed by atoms with Crippen LogP contribution in [0.2, 0.25) is 5.02 Å². The predicted octanol–water partition coefficient (Wildman–Crippen LogP) is 2.69. The van der Waals surface area contributed by atoms with Crippen molar-refractivity contribution < 1.29 is 4.74 Å². The number of hydrogen-bond donors (Lipinski definition) is 1. The van der Waals surface area contributed by atoms with Crippen LogP contribution in [0.25, 0.3) is 0 Å². The van der Waals surface area contributed by atoms with Crippen LogP contribution in [0, 0.1) is 6.92 Å². The Morgan fingerprint density at radius 2 is 2.12 bits per heavy atom. The van der Waals surface area contributed by atoms with Gasteiger partial charge in [0.2, 0.25) is 5.88 Å². The van der Waals surface area contributed by atoms with Gasteiger partial charge in [0, 0.05) is 11.6 Å². The number of ether oxygens (including phenoxy) is 1. The van der Waals surface area contributed by atoms with Crippen LogP contribution in [0.1, 0.15) is 11.3 Å². The van der Waals surface area contributed by atoms with Gasteiger partial charge in [0.25, 0.3) is 0 Å². The van der Waals surface area contributed by atoms with Crippen molar-refractivity contribution in [3.05, 3.63) is 46.9 Å². The quantitative estimate of drug-likeness (QED) is 0.909. The van der Waals surface area contributed by atoms with Crippen LogP contribution < -0.4 is 10.5 Å². The van der Waals surface area contributed by atoms with Crippen molar-refractivity contribution in [3.63, 3.8) is 0 Å². The third-order valence-corrected chi connectivity index (χ3v) is 2.67. The SMILES string of the molecule is Cc1cc(Oc2cnc(CN)cn2)ccc1Cl. The summed E-state index contributed by atoms with van der Waals surface area (Å²) in [6.07, 6.45) is 3.14. The maximum atomic E-state index is 5.93. The molecule has 1 aromatic heterocycles. The van der Waals surface area contributed by atoms with Gasteiger partial charge in [-0.2, -0.15) is 0 Å². The predicted molar refractivity (Wildman–Crippen MR) is 66.2 cm³/mol. The van der Waals surface area contributed by atoms with Crippen molar-refractivity contribution in [2.75, 3.05) is 0 Å². The van der Waals surface area contributed by atoms with E-state index in [1.54, 1.807) is 24.5 Å². The van der Waals surface area contributed by atoms with Crippen LogP contribution in [0.4, 0.5) is 0 Å². The Bertz CT molecular complexity index is 514. The molecule has 2 aromatic rings. The molecule has 0 saturated carbocycles. The molecule has 0 fully saturated rings. The number of nitrogens with zero attached hydrogens (tertiary/aromatic N) is 2. The first-order chi connectivity index (χ1) is 8.19. The first kappa shape index (κ1) is 11.8. The highest BCUT2D eigenvalue weighted by Crippen LogP contribution is 2.24. The van der Waals surface area contributed by atoms with Crippen molar-refractivity contribution in [1.82, 2.24) is 9.97 Å². The van der Waals surface area contributed by atoms with E-state index in [-0.39, 0.29) is 0 Å². The van der Waals surface area contributed by atoms with Gasteiger partial charge < -0.3 is 10.5 Å². The third-order valence-electron chi connectivity index (χ3n) is 2.24. The lowest BCUT2D eigenvalue weighted by molar-refractivity contribution is 0.459. The number of aryl methyl sites for hydroxylation is 1. The summed E-state index contributed by atoms with van der Waals surface area (Å²) in [7, 11) is 0. The molecule has 0 unspecified atom stereocenters. The van der Waals surface area contributed by atoms with E-state index in [9.17, 15) is 0 Å². The topological polar surface area (TPSA) is 61.0 Å². The van der Waals surface area contributed by atoms with Crippen LogP contribution >= 0.6 is 11.6 Å². The molecule has 0 bridgehead atoms. The maximum Gasteiger partial charge on any atom is 0.237 e. The van der Waals surface area contributed by atoms with E-state index in [4.69, 9.17) is 22.1 Å². The van der Waals surface area contributed by atoms with Crippen molar-refractivity contribution in [2.24, 2.45) is 5.73 Å². The molecule has 1 aromatic carbocycles. The molecule has 88 valence electrons. The van der Waals surface area contributed by atoms with Crippen molar-refractivity contribution in [1.29, 1.82) is 0 Å². The Hall–Kier alpha value is -1.65. The van der Waals surface area contributed by atoms with E-state index in [0.717, 1.165) is 11.3 Å². The highest BCUT2D eigenvalue weighted by atomic mass is 35.5. The molecule has 0 aliphatic heterocycles. The second kappa shape index (κ2) is 5.12. The molecule has 0 aliphatic rings. The van der Waals surface area contributed by atoms with E-state index in [1.807, 2.05) is 13.0 Å². The number of benzene rings is 1. The molecule has 0 spiro atoms. The van der Waals surface area contributed by atoms with Gasteiger partial charge in [0.1, 0.15) is 5.75 Å². The Balaban J connectivity index is 2.16. The van der Waals surface area contributed by atoms with Gasteiger partial charge in [-0.05, 0) is 30.7 Å². The Kier molecular flexibility index (Phi) is 3.56. The largest absolute Gasteiger partial charge is 0.437 e. The van der Waals surface area contributed by atoms with Gasteiger partial charge in [-0.3, -0.25) is 4.98 Å². The molecule has 4 nitrogen and oxygen atoms in total. The highest BCUT2D eigenvalue weighted by Gasteiger charge is 2.02. The van der Waals surface area contributed by atoms with Crippen molar-refractivity contribution in [2.45, 2.75) is 13.5 Å². The first-order valence-corrected chi connectivity index (χ1v) is 5.52. The molecule has 5 heteroatoms. The molecular formula is C12H12ClN3O. The van der Waals surface area contributed by atoms with Crippen LogP contribution in [-0.4, -0.2) is 9.97 Å². The summed E-state index contributed by atoms with van der Waals surface area (Å²) in [6, 6.07) is 5.42. The van der Waals surface area contributed by atoms with E-state index in [0.29, 0.717) is 23.2 Å². The van der Waals surface area contributed by atoms with Crippen molar-refractivity contribution in [3.8, 4) is 11.6 Å². The summed E-state index contributed by atoms with van der Waals surface area (Å²) >= 11 is 5.93. The lowest BCUT2D eigenvalue weighted by atomic mass is 10.2. The summed E-state index contributed by atoms with van der Waals surface area (Å²) in [5.74, 6) is 1.12. The second-order valence-electron chi connectivity index (χ2n) is 3.56. The van der Waals surface area contributed by atoms with Crippen LogP contribution in [0.3, 0.4) is 0 Å². The highest BCUT2D eigenvalue weighted by molar-refractivity contribution is 6.31. The summed E-state index contributed by atoms with van der Waals surface area (Å²) in [5, 5.41) is 0.710. The fraction of sp³-hybridized carbons (Fsp3) is 0.167. The Morgan fingerprint density at radius 3 is 2.71 bits per heavy atom. The standard InChI is InChI=1S/C12H12ClN3O/c1-8-4-10(2-3-11(8)13)17-12-7-15-9(5-14)6-16-12/h2-4,6-7H,5,14H2,1H3. The zero-order valence-electron chi connectivity index (χ0n) is 9.35. The minimum atomic E-state index is 0.368. The minimum absolute atomic E-state index is 0.368. The fourth-order valence-electron chi connectivity index (χ4n) is 1.30. The fourth-order valence-corrected chi connectivity index (χ4v) is 1.42. The van der Waals surface area contributed by atoms with Gasteiger partial charge >= 0.3 is 0 Å². The second-order valence-corrected chi connectivity index (χ2v) is 3.97. The van der Waals surface area contributed by atoms with Crippen LogP contribution in [-0.2, 0) is 6.54 Å². The molecule has 2 N–H and O–H groups in total. The average molecular weight is 250 g/mol. The van der Waals surface area contributed by atoms with E-state index in [1.165, 1.54) is 0 Å². The molecule has 0 amide bonds. The minimum Gasteiger partial charge on any atom is -0.437 e. The summed E-state index contributed by atoms with van der Waals surface area (Å²) < 4.78 is 5.54. The summed E-state index contributed by atoms with van der Waals surface area (Å²) in [4.78, 5) is 8.19. The number of rotatable bonds is 3. The van der Waals surface area contributed by atoms with Crippen LogP contribution in [0.15, 0.2) is 30.6 Å².